The van der Waals surface area contributed by atoms with E-state index in [1.54, 1.807) is 0 Å². The molecule has 0 aliphatic heterocycles. The average molecular weight is 204 g/mol. The molecule has 0 amide bonds. The van der Waals surface area contributed by atoms with E-state index >= 15 is 0 Å². The number of aryl methyl sites for hydroxylation is 4. The lowest BCUT2D eigenvalue weighted by atomic mass is 10.1. The second-order valence-corrected chi connectivity index (χ2v) is 4.09. The number of rotatable bonds is 1. The number of fused-ring (bicyclic) bond motifs is 1. The molecule has 3 heteroatoms. The second-order valence-electron chi connectivity index (χ2n) is 4.09. The highest BCUT2D eigenvalue weighted by atomic mass is 15.2. The number of pyridine rings is 1. The lowest BCUT2D eigenvalue weighted by Gasteiger charge is -1.97. The molecule has 0 aromatic carbocycles. The van der Waals surface area contributed by atoms with Gasteiger partial charge in [-0.1, -0.05) is 0 Å². The van der Waals surface area contributed by atoms with Crippen LogP contribution in [0.2, 0.25) is 0 Å². The van der Waals surface area contributed by atoms with E-state index in [1.807, 2.05) is 6.20 Å². The summed E-state index contributed by atoms with van der Waals surface area (Å²) in [6.07, 6.45) is 1.96. The third kappa shape index (κ3) is 1.26. The Bertz CT molecular complexity index is 523. The van der Waals surface area contributed by atoms with Gasteiger partial charge in [0.25, 0.3) is 0 Å². The zero-order chi connectivity index (χ0) is 11.2. The summed E-state index contributed by atoms with van der Waals surface area (Å²) in [6.45, 7) is 9.54. The van der Waals surface area contributed by atoms with Gasteiger partial charge in [-0.15, -0.1) is 4.98 Å². The van der Waals surface area contributed by atoms with Crippen LogP contribution in [0.4, 0.5) is 0 Å². The molecule has 0 saturated carbocycles. The highest BCUT2D eigenvalue weighted by Crippen LogP contribution is 2.18. The number of imidazole rings is 1. The van der Waals surface area contributed by atoms with Crippen LogP contribution in [0.25, 0.3) is 11.2 Å². The Balaban J connectivity index is 2.97. The molecule has 0 saturated heterocycles. The molecular weight excluding hydrogens is 186 g/mol. The van der Waals surface area contributed by atoms with Crippen LogP contribution in [0.3, 0.4) is 0 Å². The average Bonchev–Trinajstić information content (AvgIpc) is 2.46. The summed E-state index contributed by atoms with van der Waals surface area (Å²) >= 11 is 0. The Morgan fingerprint density at radius 2 is 2.00 bits per heavy atom. The van der Waals surface area contributed by atoms with Crippen LogP contribution >= 0.6 is 0 Å². The van der Waals surface area contributed by atoms with Crippen molar-refractivity contribution in [1.82, 2.24) is 9.55 Å². The Kier molecular flexibility index (Phi) is 2.25. The molecule has 0 atom stereocenters. The van der Waals surface area contributed by atoms with Gasteiger partial charge in [-0.05, 0) is 26.3 Å². The van der Waals surface area contributed by atoms with Gasteiger partial charge >= 0.3 is 5.65 Å². The summed E-state index contributed by atoms with van der Waals surface area (Å²) in [7, 11) is 2.11. The number of hydrogen-bond acceptors (Lipinski definition) is 1. The van der Waals surface area contributed by atoms with Crippen molar-refractivity contribution >= 4 is 11.2 Å². The van der Waals surface area contributed by atoms with Gasteiger partial charge in [-0.3, -0.25) is 4.57 Å². The molecule has 0 aliphatic rings. The summed E-state index contributed by atoms with van der Waals surface area (Å²) in [5.41, 5.74) is 4.94. The Labute approximate surface area is 90.4 Å². The first-order chi connectivity index (χ1) is 7.07. The molecule has 2 aromatic rings. The maximum absolute atomic E-state index is 4.54. The van der Waals surface area contributed by atoms with E-state index in [2.05, 4.69) is 48.9 Å². The van der Waals surface area contributed by atoms with Gasteiger partial charge in [-0.2, -0.15) is 0 Å². The van der Waals surface area contributed by atoms with Crippen molar-refractivity contribution in [3.8, 4) is 0 Å². The minimum Gasteiger partial charge on any atom is -0.260 e. The highest BCUT2D eigenvalue weighted by Gasteiger charge is 2.20. The van der Waals surface area contributed by atoms with E-state index in [4.69, 9.17) is 0 Å². The maximum atomic E-state index is 4.54. The van der Waals surface area contributed by atoms with Gasteiger partial charge in [0.1, 0.15) is 6.20 Å². The quantitative estimate of drug-likeness (QED) is 0.649. The van der Waals surface area contributed by atoms with E-state index in [-0.39, 0.29) is 0 Å². The topological polar surface area (TPSA) is 21.7 Å². The summed E-state index contributed by atoms with van der Waals surface area (Å²) in [4.78, 5) is 4.54. The fourth-order valence-corrected chi connectivity index (χ4v) is 2.14. The predicted molar refractivity (Wildman–Crippen MR) is 60.8 cm³/mol. The lowest BCUT2D eigenvalue weighted by molar-refractivity contribution is -0.676. The Morgan fingerprint density at radius 1 is 1.33 bits per heavy atom. The van der Waals surface area contributed by atoms with Crippen molar-refractivity contribution in [1.29, 1.82) is 0 Å². The van der Waals surface area contributed by atoms with Gasteiger partial charge in [0.2, 0.25) is 5.82 Å². The molecule has 0 N–H and O–H groups in total. The molecule has 80 valence electrons. The second kappa shape index (κ2) is 3.33. The molecular formula is C12H18N3+. The predicted octanol–water partition coefficient (Wildman–Crippen LogP) is 1.81. The molecule has 0 spiro atoms. The van der Waals surface area contributed by atoms with Crippen LogP contribution in [0, 0.1) is 20.8 Å². The standard InChI is InChI=1S/C12H18N3/c1-6-15-10(4)14(5)11-9(3)8(2)7-13-12(11)15/h7H,6H2,1-5H3/q+1. The van der Waals surface area contributed by atoms with Crippen molar-refractivity contribution in [2.45, 2.75) is 34.2 Å². The SMILES string of the molecule is CC[n+]1c(C)n(C)c2c(C)c(C)cnc21. The molecule has 0 unspecified atom stereocenters. The normalized spacial score (nSPS) is 11.3. The molecule has 2 heterocycles. The molecule has 0 aliphatic carbocycles. The van der Waals surface area contributed by atoms with Crippen LogP contribution < -0.4 is 4.57 Å². The monoisotopic (exact) mass is 204 g/mol. The number of nitrogens with zero attached hydrogens (tertiary/aromatic N) is 3. The van der Waals surface area contributed by atoms with Crippen molar-refractivity contribution in [2.75, 3.05) is 0 Å². The van der Waals surface area contributed by atoms with Crippen LogP contribution in [0.15, 0.2) is 6.20 Å². The summed E-state index contributed by atoms with van der Waals surface area (Å²) in [5, 5.41) is 0. The highest BCUT2D eigenvalue weighted by molar-refractivity contribution is 5.73. The smallest absolute Gasteiger partial charge is 0.260 e. The van der Waals surface area contributed by atoms with E-state index in [1.165, 1.54) is 22.5 Å². The minimum absolute atomic E-state index is 0.971. The van der Waals surface area contributed by atoms with Crippen LogP contribution in [-0.2, 0) is 13.6 Å². The van der Waals surface area contributed by atoms with Gasteiger partial charge in [-0.25, -0.2) is 4.57 Å². The molecule has 15 heavy (non-hydrogen) atoms. The van der Waals surface area contributed by atoms with E-state index < -0.39 is 0 Å². The first kappa shape index (κ1) is 10.1. The molecule has 0 radical (unpaired) electrons. The van der Waals surface area contributed by atoms with Gasteiger partial charge in [0.15, 0.2) is 5.52 Å². The number of aromatic nitrogens is 3. The largest absolute Gasteiger partial charge is 0.302 e. The van der Waals surface area contributed by atoms with E-state index in [0.29, 0.717) is 0 Å². The van der Waals surface area contributed by atoms with Crippen molar-refractivity contribution < 1.29 is 4.57 Å². The summed E-state index contributed by atoms with van der Waals surface area (Å²) in [6, 6.07) is 0. The van der Waals surface area contributed by atoms with Gasteiger partial charge in [0, 0.05) is 12.5 Å². The third-order valence-electron chi connectivity index (χ3n) is 3.32. The van der Waals surface area contributed by atoms with Crippen molar-refractivity contribution in [3.05, 3.63) is 23.1 Å². The van der Waals surface area contributed by atoms with Gasteiger partial charge in [0.05, 0.1) is 13.6 Å². The fraction of sp³-hybridized carbons (Fsp3) is 0.500. The number of hydrogen-bond donors (Lipinski definition) is 0. The van der Waals surface area contributed by atoms with E-state index in [0.717, 1.165) is 12.2 Å². The summed E-state index contributed by atoms with van der Waals surface area (Å²) < 4.78 is 4.48. The Hall–Kier alpha value is -1.38. The molecule has 0 fully saturated rings. The third-order valence-corrected chi connectivity index (χ3v) is 3.32. The van der Waals surface area contributed by atoms with Crippen molar-refractivity contribution in [2.24, 2.45) is 7.05 Å². The van der Waals surface area contributed by atoms with Crippen LogP contribution in [0.1, 0.15) is 23.9 Å². The molecule has 3 nitrogen and oxygen atoms in total. The fourth-order valence-electron chi connectivity index (χ4n) is 2.14. The summed E-state index contributed by atoms with van der Waals surface area (Å²) in [5.74, 6) is 1.26. The first-order valence-electron chi connectivity index (χ1n) is 5.39. The van der Waals surface area contributed by atoms with E-state index in [9.17, 15) is 0 Å². The zero-order valence-electron chi connectivity index (χ0n) is 10.1. The molecule has 2 aromatic heterocycles. The van der Waals surface area contributed by atoms with Crippen LogP contribution in [0.5, 0.6) is 0 Å². The van der Waals surface area contributed by atoms with Crippen molar-refractivity contribution in [3.63, 3.8) is 0 Å². The van der Waals surface area contributed by atoms with Gasteiger partial charge < -0.3 is 0 Å². The molecule has 2 rings (SSSR count). The zero-order valence-corrected chi connectivity index (χ0v) is 10.1. The van der Waals surface area contributed by atoms with Crippen LogP contribution in [-0.4, -0.2) is 9.55 Å². The maximum Gasteiger partial charge on any atom is 0.302 e. The molecule has 0 bridgehead atoms. The minimum atomic E-state index is 0.971. The first-order valence-corrected chi connectivity index (χ1v) is 5.39. The Morgan fingerprint density at radius 3 is 2.60 bits per heavy atom. The lowest BCUT2D eigenvalue weighted by Crippen LogP contribution is -2.35.